The number of nitrogens with zero attached hydrogens (tertiary/aromatic N) is 2. The van der Waals surface area contributed by atoms with Gasteiger partial charge in [-0.3, -0.25) is 20.4 Å². The zero-order valence-electron chi connectivity index (χ0n) is 10.9. The van der Waals surface area contributed by atoms with E-state index in [9.17, 15) is 9.59 Å². The van der Waals surface area contributed by atoms with Gasteiger partial charge in [-0.05, 0) is 22.9 Å². The molecule has 1 amide bonds. The molecule has 2 N–H and O–H groups in total. The Kier molecular flexibility index (Phi) is 3.63. The van der Waals surface area contributed by atoms with Gasteiger partial charge < -0.3 is 0 Å². The number of fused-ring (bicyclic) bond motifs is 1. The average molecular weight is 318 g/mol. The molecule has 21 heavy (non-hydrogen) atoms. The number of aromatic nitrogens is 2. The van der Waals surface area contributed by atoms with Crippen LogP contribution in [0.25, 0.3) is 10.2 Å². The molecule has 3 heterocycles. The van der Waals surface area contributed by atoms with Crippen molar-refractivity contribution in [2.45, 2.75) is 6.92 Å². The lowest BCUT2D eigenvalue weighted by Gasteiger charge is -2.07. The van der Waals surface area contributed by atoms with Gasteiger partial charge >= 0.3 is 0 Å². The molecule has 0 saturated carbocycles. The lowest BCUT2D eigenvalue weighted by Crippen LogP contribution is -2.28. The second kappa shape index (κ2) is 5.58. The summed E-state index contributed by atoms with van der Waals surface area (Å²) in [6.45, 7) is 1.37. The zero-order chi connectivity index (χ0) is 14.8. The number of thiophene rings is 2. The number of nitrogens with one attached hydrogen (secondary N) is 2. The van der Waals surface area contributed by atoms with E-state index in [0.717, 1.165) is 4.70 Å². The first kappa shape index (κ1) is 13.7. The zero-order valence-corrected chi connectivity index (χ0v) is 12.5. The number of carbonyl (C=O) groups is 2. The van der Waals surface area contributed by atoms with Gasteiger partial charge in [0.1, 0.15) is 5.69 Å². The number of hydrogen-bond donors (Lipinski definition) is 2. The van der Waals surface area contributed by atoms with Gasteiger partial charge in [0.15, 0.2) is 0 Å². The van der Waals surface area contributed by atoms with Gasteiger partial charge in [0.05, 0.1) is 15.1 Å². The number of ketones is 1. The Bertz CT molecular complexity index is 811. The summed E-state index contributed by atoms with van der Waals surface area (Å²) in [4.78, 5) is 32.6. The van der Waals surface area contributed by atoms with E-state index in [2.05, 4.69) is 20.8 Å². The van der Waals surface area contributed by atoms with E-state index in [4.69, 9.17) is 0 Å². The molecule has 0 bridgehead atoms. The Labute approximate surface area is 127 Å². The summed E-state index contributed by atoms with van der Waals surface area (Å²) < 4.78 is 0.738. The molecule has 0 aromatic carbocycles. The van der Waals surface area contributed by atoms with E-state index >= 15 is 0 Å². The molecule has 3 rings (SSSR count). The molecule has 0 aliphatic heterocycles. The highest BCUT2D eigenvalue weighted by atomic mass is 32.1. The monoisotopic (exact) mass is 318 g/mol. The highest BCUT2D eigenvalue weighted by Gasteiger charge is 2.18. The molecule has 0 unspecified atom stereocenters. The Balaban J connectivity index is 2.05. The molecule has 6 nitrogen and oxygen atoms in total. The van der Waals surface area contributed by atoms with Crippen LogP contribution in [0.1, 0.15) is 22.3 Å². The minimum atomic E-state index is -0.268. The van der Waals surface area contributed by atoms with E-state index in [0.29, 0.717) is 16.1 Å². The normalized spacial score (nSPS) is 10.5. The van der Waals surface area contributed by atoms with Crippen LogP contribution in [0.4, 0.5) is 5.95 Å². The summed E-state index contributed by atoms with van der Waals surface area (Å²) in [7, 11) is 0. The van der Waals surface area contributed by atoms with Crippen molar-refractivity contribution in [2.75, 3.05) is 5.43 Å². The molecule has 0 aliphatic rings. The van der Waals surface area contributed by atoms with Crippen molar-refractivity contribution in [1.82, 2.24) is 15.4 Å². The van der Waals surface area contributed by atoms with Crippen molar-refractivity contribution in [2.24, 2.45) is 0 Å². The number of rotatable bonds is 4. The first-order valence-electron chi connectivity index (χ1n) is 6.01. The molecule has 0 fully saturated rings. The maximum Gasteiger partial charge on any atom is 0.243 e. The minimum Gasteiger partial charge on any atom is -0.286 e. The quantitative estimate of drug-likeness (QED) is 0.570. The Hall–Kier alpha value is -2.32. The summed E-state index contributed by atoms with van der Waals surface area (Å²) in [5.74, 6) is -0.225. The van der Waals surface area contributed by atoms with Gasteiger partial charge in [0.25, 0.3) is 0 Å². The van der Waals surface area contributed by atoms with Crippen LogP contribution in [0, 0.1) is 0 Å². The standard InChI is InChI=1S/C13H10N4O2S2/c1-7(18)16-17-13-14-8-4-6-21-12(8)10(15-13)11(19)9-3-2-5-20-9/h2-6H,1H3,(H,16,18)(H,14,15,17). The van der Waals surface area contributed by atoms with Crippen molar-refractivity contribution >= 4 is 50.5 Å². The van der Waals surface area contributed by atoms with E-state index in [1.54, 1.807) is 6.07 Å². The first-order valence-corrected chi connectivity index (χ1v) is 7.77. The smallest absolute Gasteiger partial charge is 0.243 e. The third-order valence-corrected chi connectivity index (χ3v) is 4.39. The SMILES string of the molecule is CC(=O)NNc1nc(C(=O)c2cccs2)c2sccc2n1. The maximum atomic E-state index is 12.5. The number of carbonyl (C=O) groups excluding carboxylic acids is 2. The van der Waals surface area contributed by atoms with Gasteiger partial charge in [-0.1, -0.05) is 6.07 Å². The van der Waals surface area contributed by atoms with Crippen molar-refractivity contribution in [3.05, 3.63) is 39.5 Å². The number of anilines is 1. The summed E-state index contributed by atoms with van der Waals surface area (Å²) >= 11 is 2.78. The van der Waals surface area contributed by atoms with Crippen LogP contribution in [0.5, 0.6) is 0 Å². The summed E-state index contributed by atoms with van der Waals surface area (Å²) in [5.41, 5.74) is 6.01. The lowest BCUT2D eigenvalue weighted by molar-refractivity contribution is -0.118. The van der Waals surface area contributed by atoms with Gasteiger partial charge in [-0.15, -0.1) is 22.7 Å². The fourth-order valence-electron chi connectivity index (χ4n) is 1.74. The molecule has 106 valence electrons. The molecule has 8 heteroatoms. The summed E-state index contributed by atoms with van der Waals surface area (Å²) in [6.07, 6.45) is 0. The van der Waals surface area contributed by atoms with Crippen LogP contribution >= 0.6 is 22.7 Å². The molecule has 3 aromatic rings. The fraction of sp³-hybridized carbons (Fsp3) is 0.0769. The summed E-state index contributed by atoms with van der Waals surface area (Å²) in [6, 6.07) is 5.39. The molecule has 0 spiro atoms. The molecule has 0 radical (unpaired) electrons. The van der Waals surface area contributed by atoms with Crippen molar-refractivity contribution in [3.8, 4) is 0 Å². The third kappa shape index (κ3) is 2.76. The first-order chi connectivity index (χ1) is 10.1. The minimum absolute atomic E-state index is 0.147. The van der Waals surface area contributed by atoms with Crippen LogP contribution in [0.2, 0.25) is 0 Å². The topological polar surface area (TPSA) is 84.0 Å². The van der Waals surface area contributed by atoms with Crippen molar-refractivity contribution < 1.29 is 9.59 Å². The molecular formula is C13H10N4O2S2. The van der Waals surface area contributed by atoms with Crippen LogP contribution in [-0.2, 0) is 4.79 Å². The van der Waals surface area contributed by atoms with Crippen LogP contribution in [0.3, 0.4) is 0 Å². The van der Waals surface area contributed by atoms with Crippen molar-refractivity contribution in [3.63, 3.8) is 0 Å². The molecular weight excluding hydrogens is 308 g/mol. The molecule has 3 aromatic heterocycles. The second-order valence-electron chi connectivity index (χ2n) is 4.14. The van der Waals surface area contributed by atoms with E-state index in [1.807, 2.05) is 22.9 Å². The van der Waals surface area contributed by atoms with Gasteiger partial charge in [0.2, 0.25) is 17.6 Å². The third-order valence-electron chi connectivity index (χ3n) is 2.61. The highest BCUT2D eigenvalue weighted by molar-refractivity contribution is 7.17. The van der Waals surface area contributed by atoms with Gasteiger partial charge in [0, 0.05) is 6.92 Å². The maximum absolute atomic E-state index is 12.5. The molecule has 0 saturated heterocycles. The number of hydrazine groups is 1. The molecule has 0 atom stereocenters. The highest BCUT2D eigenvalue weighted by Crippen LogP contribution is 2.26. The van der Waals surface area contributed by atoms with E-state index in [-0.39, 0.29) is 17.6 Å². The van der Waals surface area contributed by atoms with Gasteiger partial charge in [-0.25, -0.2) is 9.97 Å². The summed E-state index contributed by atoms with van der Waals surface area (Å²) in [5, 5.41) is 3.70. The Morgan fingerprint density at radius 1 is 1.14 bits per heavy atom. The fourth-order valence-corrected chi connectivity index (χ4v) is 3.22. The Morgan fingerprint density at radius 3 is 2.71 bits per heavy atom. The van der Waals surface area contributed by atoms with E-state index < -0.39 is 0 Å². The number of hydrogen-bond acceptors (Lipinski definition) is 7. The predicted molar refractivity (Wildman–Crippen MR) is 82.6 cm³/mol. The van der Waals surface area contributed by atoms with Crippen LogP contribution in [-0.4, -0.2) is 21.7 Å². The average Bonchev–Trinajstić information content (AvgIpc) is 3.14. The van der Waals surface area contributed by atoms with Gasteiger partial charge in [-0.2, -0.15) is 0 Å². The molecule has 0 aliphatic carbocycles. The van der Waals surface area contributed by atoms with Crippen LogP contribution in [0.15, 0.2) is 29.0 Å². The number of amides is 1. The predicted octanol–water partition coefficient (Wildman–Crippen LogP) is 2.45. The lowest BCUT2D eigenvalue weighted by atomic mass is 10.2. The van der Waals surface area contributed by atoms with E-state index in [1.165, 1.54) is 29.6 Å². The Morgan fingerprint density at radius 2 is 2.00 bits per heavy atom. The second-order valence-corrected chi connectivity index (χ2v) is 6.01. The van der Waals surface area contributed by atoms with Crippen LogP contribution < -0.4 is 10.9 Å². The largest absolute Gasteiger partial charge is 0.286 e. The van der Waals surface area contributed by atoms with Crippen molar-refractivity contribution in [1.29, 1.82) is 0 Å².